The third kappa shape index (κ3) is 4.04. The number of benzene rings is 1. The number of aryl methyl sites for hydroxylation is 1. The van der Waals surface area contributed by atoms with Gasteiger partial charge >= 0.3 is 0 Å². The third-order valence-electron chi connectivity index (χ3n) is 1.99. The summed E-state index contributed by atoms with van der Waals surface area (Å²) in [6, 6.07) is 4.75. The Morgan fingerprint density at radius 2 is 2.19 bits per heavy atom. The van der Waals surface area contributed by atoms with Gasteiger partial charge in [0.05, 0.1) is 4.92 Å². The summed E-state index contributed by atoms with van der Waals surface area (Å²) < 4.78 is 5.38. The molecule has 0 spiro atoms. The van der Waals surface area contributed by atoms with Crippen LogP contribution in [0.5, 0.6) is 5.75 Å². The Hall–Kier alpha value is -1.33. The highest BCUT2D eigenvalue weighted by Crippen LogP contribution is 2.22. The van der Waals surface area contributed by atoms with E-state index in [1.807, 2.05) is 7.05 Å². The van der Waals surface area contributed by atoms with Crippen LogP contribution in [-0.4, -0.2) is 25.1 Å². The van der Waals surface area contributed by atoms with Crippen molar-refractivity contribution in [2.24, 2.45) is 0 Å². The van der Waals surface area contributed by atoms with E-state index < -0.39 is 4.92 Å². The van der Waals surface area contributed by atoms with Gasteiger partial charge in [-0.2, -0.15) is 0 Å². The van der Waals surface area contributed by atoms with Gasteiger partial charge in [-0.15, -0.1) is 12.4 Å². The number of nitro benzene ring substituents is 1. The van der Waals surface area contributed by atoms with Crippen molar-refractivity contribution < 1.29 is 9.66 Å². The van der Waals surface area contributed by atoms with E-state index >= 15 is 0 Å². The lowest BCUT2D eigenvalue weighted by atomic mass is 10.2. The van der Waals surface area contributed by atoms with Crippen LogP contribution in [0.4, 0.5) is 5.69 Å². The quantitative estimate of drug-likeness (QED) is 0.490. The molecule has 0 heterocycles. The minimum atomic E-state index is -0.396. The molecule has 1 N–H and O–H groups in total. The van der Waals surface area contributed by atoms with Crippen molar-refractivity contribution in [2.45, 2.75) is 6.92 Å². The molecule has 0 unspecified atom stereocenters. The molecule has 16 heavy (non-hydrogen) atoms. The van der Waals surface area contributed by atoms with Crippen LogP contribution in [0.15, 0.2) is 18.2 Å². The van der Waals surface area contributed by atoms with Crippen molar-refractivity contribution in [2.75, 3.05) is 20.2 Å². The van der Waals surface area contributed by atoms with Gasteiger partial charge in [0.1, 0.15) is 12.4 Å². The number of nitrogens with one attached hydrogen (secondary N) is 1. The molecule has 0 saturated carbocycles. The maximum atomic E-state index is 10.5. The lowest BCUT2D eigenvalue weighted by Gasteiger charge is -2.06. The third-order valence-corrected chi connectivity index (χ3v) is 1.99. The smallest absolute Gasteiger partial charge is 0.272 e. The molecule has 0 radical (unpaired) electrons. The molecule has 0 aliphatic heterocycles. The van der Waals surface area contributed by atoms with Crippen LogP contribution in [0.1, 0.15) is 5.56 Å². The highest BCUT2D eigenvalue weighted by atomic mass is 35.5. The minimum Gasteiger partial charge on any atom is -0.492 e. The zero-order chi connectivity index (χ0) is 11.3. The molecule has 0 aromatic heterocycles. The molecule has 0 aliphatic rings. The summed E-state index contributed by atoms with van der Waals surface area (Å²) >= 11 is 0. The molecule has 0 atom stereocenters. The molecule has 0 aliphatic carbocycles. The first-order valence-corrected chi connectivity index (χ1v) is 4.67. The second kappa shape index (κ2) is 7.03. The second-order valence-corrected chi connectivity index (χ2v) is 3.16. The second-order valence-electron chi connectivity index (χ2n) is 3.16. The summed E-state index contributed by atoms with van der Waals surface area (Å²) in [7, 11) is 1.84. The van der Waals surface area contributed by atoms with Gasteiger partial charge in [0.25, 0.3) is 5.69 Å². The van der Waals surface area contributed by atoms with E-state index in [2.05, 4.69) is 5.32 Å². The van der Waals surface area contributed by atoms with Gasteiger partial charge < -0.3 is 10.1 Å². The molecule has 0 amide bonds. The number of nitrogens with zero attached hydrogens (tertiary/aromatic N) is 1. The summed E-state index contributed by atoms with van der Waals surface area (Å²) in [6.45, 7) is 2.99. The fourth-order valence-electron chi connectivity index (χ4n) is 1.19. The van der Waals surface area contributed by atoms with Crippen LogP contribution in [0.3, 0.4) is 0 Å². The Bertz CT molecular complexity index is 358. The van der Waals surface area contributed by atoms with Gasteiger partial charge in [0.2, 0.25) is 0 Å². The van der Waals surface area contributed by atoms with E-state index in [0.29, 0.717) is 17.9 Å². The topological polar surface area (TPSA) is 64.4 Å². The van der Waals surface area contributed by atoms with Gasteiger partial charge in [-0.05, 0) is 26.1 Å². The number of hydrogen-bond donors (Lipinski definition) is 1. The largest absolute Gasteiger partial charge is 0.492 e. The van der Waals surface area contributed by atoms with Gasteiger partial charge in [0, 0.05) is 18.2 Å². The Balaban J connectivity index is 0.00000225. The van der Waals surface area contributed by atoms with Crippen LogP contribution in [0, 0.1) is 17.0 Å². The minimum absolute atomic E-state index is 0. The van der Waals surface area contributed by atoms with Crippen molar-refractivity contribution in [3.8, 4) is 5.75 Å². The van der Waals surface area contributed by atoms with Crippen molar-refractivity contribution in [3.05, 3.63) is 33.9 Å². The molecule has 1 aromatic rings. The Labute approximate surface area is 100 Å². The molecule has 0 bridgehead atoms. The lowest BCUT2D eigenvalue weighted by Crippen LogP contribution is -2.15. The van der Waals surface area contributed by atoms with E-state index in [1.165, 1.54) is 6.07 Å². The van der Waals surface area contributed by atoms with E-state index in [4.69, 9.17) is 4.74 Å². The van der Waals surface area contributed by atoms with Crippen LogP contribution in [-0.2, 0) is 0 Å². The fraction of sp³-hybridized carbons (Fsp3) is 0.400. The highest BCUT2D eigenvalue weighted by Gasteiger charge is 2.10. The standard InChI is InChI=1S/C10H14N2O3.ClH/c1-8-7-9(15-6-5-11-2)3-4-10(8)12(13)14;/h3-4,7,11H,5-6H2,1-2H3;1H. The number of hydrogen-bond acceptors (Lipinski definition) is 4. The highest BCUT2D eigenvalue weighted by molar-refractivity contribution is 5.85. The van der Waals surface area contributed by atoms with E-state index in [-0.39, 0.29) is 18.1 Å². The summed E-state index contributed by atoms with van der Waals surface area (Å²) in [5.74, 6) is 0.661. The predicted molar refractivity (Wildman–Crippen MR) is 64.5 cm³/mol. The number of ether oxygens (including phenoxy) is 1. The maximum Gasteiger partial charge on any atom is 0.272 e. The Morgan fingerprint density at radius 3 is 2.69 bits per heavy atom. The van der Waals surface area contributed by atoms with E-state index in [9.17, 15) is 10.1 Å². The molecule has 90 valence electrons. The zero-order valence-electron chi connectivity index (χ0n) is 9.23. The SMILES string of the molecule is CNCCOc1ccc([N+](=O)[O-])c(C)c1.Cl. The van der Waals surface area contributed by atoms with Crippen LogP contribution >= 0.6 is 12.4 Å². The number of likely N-dealkylation sites (N-methyl/N-ethyl adjacent to an activating group) is 1. The number of nitro groups is 1. The van der Waals surface area contributed by atoms with Gasteiger partial charge in [-0.25, -0.2) is 0 Å². The zero-order valence-corrected chi connectivity index (χ0v) is 10.0. The van der Waals surface area contributed by atoms with Crippen molar-refractivity contribution >= 4 is 18.1 Å². The van der Waals surface area contributed by atoms with Crippen LogP contribution in [0.2, 0.25) is 0 Å². The summed E-state index contributed by atoms with van der Waals surface area (Å²) in [6.07, 6.45) is 0. The summed E-state index contributed by atoms with van der Waals surface area (Å²) in [5, 5.41) is 13.5. The maximum absolute atomic E-state index is 10.5. The first-order valence-electron chi connectivity index (χ1n) is 4.67. The fourth-order valence-corrected chi connectivity index (χ4v) is 1.19. The molecule has 6 heteroatoms. The van der Waals surface area contributed by atoms with Crippen molar-refractivity contribution in [3.63, 3.8) is 0 Å². The summed E-state index contributed by atoms with van der Waals surface area (Å²) in [5.41, 5.74) is 0.734. The number of rotatable bonds is 5. The average molecular weight is 247 g/mol. The average Bonchev–Trinajstić information content (AvgIpc) is 2.17. The first-order chi connectivity index (χ1) is 7.15. The molecule has 1 aromatic carbocycles. The first kappa shape index (κ1) is 14.7. The van der Waals surface area contributed by atoms with Crippen LogP contribution < -0.4 is 10.1 Å². The van der Waals surface area contributed by atoms with Crippen LogP contribution in [0.25, 0.3) is 0 Å². The molecular weight excluding hydrogens is 232 g/mol. The van der Waals surface area contributed by atoms with Gasteiger partial charge in [-0.1, -0.05) is 0 Å². The Kier molecular flexibility index (Phi) is 6.44. The van der Waals surface area contributed by atoms with Crippen molar-refractivity contribution in [1.29, 1.82) is 0 Å². The Morgan fingerprint density at radius 1 is 1.50 bits per heavy atom. The van der Waals surface area contributed by atoms with E-state index in [0.717, 1.165) is 6.54 Å². The monoisotopic (exact) mass is 246 g/mol. The van der Waals surface area contributed by atoms with E-state index in [1.54, 1.807) is 19.1 Å². The molecule has 0 saturated heterocycles. The molecular formula is C10H15ClN2O3. The van der Waals surface area contributed by atoms with Gasteiger partial charge in [-0.3, -0.25) is 10.1 Å². The van der Waals surface area contributed by atoms with Gasteiger partial charge in [0.15, 0.2) is 0 Å². The van der Waals surface area contributed by atoms with Crippen molar-refractivity contribution in [1.82, 2.24) is 5.32 Å². The molecule has 1 rings (SSSR count). The summed E-state index contributed by atoms with van der Waals surface area (Å²) in [4.78, 5) is 10.2. The molecule has 5 nitrogen and oxygen atoms in total. The molecule has 0 fully saturated rings. The normalized spacial score (nSPS) is 9.38. The predicted octanol–water partition coefficient (Wildman–Crippen LogP) is 1.92. The number of halogens is 1. The lowest BCUT2D eigenvalue weighted by molar-refractivity contribution is -0.385.